The molecule has 0 saturated heterocycles. The SMILES string of the molecule is Cc1c(Br)ccc2c1C(C1(Cc3ccc4ccccc4c3)C=Cc3ccccc31)C(=O)N2. The maximum atomic E-state index is 13.5. The fourth-order valence-electron chi connectivity index (χ4n) is 5.60. The van der Waals surface area contributed by atoms with Gasteiger partial charge in [0, 0.05) is 15.6 Å². The van der Waals surface area contributed by atoms with Crippen LogP contribution in [0.1, 0.15) is 33.7 Å². The third kappa shape index (κ3) is 2.81. The molecule has 2 unspecified atom stereocenters. The molecule has 2 aliphatic rings. The number of rotatable bonds is 3. The van der Waals surface area contributed by atoms with E-state index in [1.54, 1.807) is 0 Å². The smallest absolute Gasteiger partial charge is 0.233 e. The van der Waals surface area contributed by atoms with Crippen molar-refractivity contribution in [1.29, 1.82) is 0 Å². The first-order valence-corrected chi connectivity index (χ1v) is 11.7. The molecular weight excluding hydrogens is 458 g/mol. The van der Waals surface area contributed by atoms with Crippen LogP contribution in [0.5, 0.6) is 0 Å². The van der Waals surface area contributed by atoms with Gasteiger partial charge in [0.2, 0.25) is 5.91 Å². The number of hydrogen-bond donors (Lipinski definition) is 1. The third-order valence-corrected chi connectivity index (χ3v) is 7.96. The number of anilines is 1. The number of carbonyl (C=O) groups is 1. The van der Waals surface area contributed by atoms with Crippen LogP contribution in [-0.2, 0) is 16.6 Å². The molecule has 0 radical (unpaired) electrons. The lowest BCUT2D eigenvalue weighted by atomic mass is 9.65. The molecule has 156 valence electrons. The van der Waals surface area contributed by atoms with Crippen molar-refractivity contribution in [3.63, 3.8) is 0 Å². The van der Waals surface area contributed by atoms with Crippen LogP contribution in [0, 0.1) is 6.92 Å². The first-order valence-electron chi connectivity index (χ1n) is 10.9. The highest BCUT2D eigenvalue weighted by atomic mass is 79.9. The normalized spacial score (nSPS) is 20.9. The maximum absolute atomic E-state index is 13.5. The summed E-state index contributed by atoms with van der Waals surface area (Å²) in [7, 11) is 0. The molecule has 4 aromatic carbocycles. The van der Waals surface area contributed by atoms with E-state index in [2.05, 4.69) is 107 Å². The van der Waals surface area contributed by atoms with Gasteiger partial charge >= 0.3 is 0 Å². The minimum Gasteiger partial charge on any atom is -0.325 e. The van der Waals surface area contributed by atoms with Crippen molar-refractivity contribution in [2.75, 3.05) is 5.32 Å². The molecule has 2 nitrogen and oxygen atoms in total. The highest BCUT2D eigenvalue weighted by Gasteiger charge is 2.50. The van der Waals surface area contributed by atoms with Gasteiger partial charge in [-0.25, -0.2) is 0 Å². The van der Waals surface area contributed by atoms with Crippen LogP contribution < -0.4 is 5.32 Å². The summed E-state index contributed by atoms with van der Waals surface area (Å²) in [5.41, 5.74) is 6.37. The van der Waals surface area contributed by atoms with Crippen LogP contribution >= 0.6 is 15.9 Å². The van der Waals surface area contributed by atoms with Crippen molar-refractivity contribution < 1.29 is 4.79 Å². The Morgan fingerprint density at radius 2 is 1.72 bits per heavy atom. The quantitative estimate of drug-likeness (QED) is 0.331. The Kier molecular flexibility index (Phi) is 4.38. The Morgan fingerprint density at radius 3 is 2.59 bits per heavy atom. The predicted octanol–water partition coefficient (Wildman–Crippen LogP) is 7.15. The summed E-state index contributed by atoms with van der Waals surface area (Å²) >= 11 is 3.69. The van der Waals surface area contributed by atoms with E-state index in [0.717, 1.165) is 27.7 Å². The van der Waals surface area contributed by atoms with E-state index in [4.69, 9.17) is 0 Å². The molecule has 1 amide bonds. The number of fused-ring (bicyclic) bond motifs is 3. The Bertz CT molecular complexity index is 1440. The van der Waals surface area contributed by atoms with Crippen molar-refractivity contribution in [1.82, 2.24) is 0 Å². The predicted molar refractivity (Wildman–Crippen MR) is 135 cm³/mol. The number of nitrogens with one attached hydrogen (secondary N) is 1. The maximum Gasteiger partial charge on any atom is 0.233 e. The van der Waals surface area contributed by atoms with Gasteiger partial charge in [-0.05, 0) is 64.1 Å². The lowest BCUT2D eigenvalue weighted by Gasteiger charge is -2.35. The first-order chi connectivity index (χ1) is 15.6. The molecule has 0 spiro atoms. The second-order valence-electron chi connectivity index (χ2n) is 8.88. The van der Waals surface area contributed by atoms with E-state index in [1.165, 1.54) is 27.5 Å². The van der Waals surface area contributed by atoms with Crippen LogP contribution in [0.4, 0.5) is 5.69 Å². The molecule has 2 atom stereocenters. The monoisotopic (exact) mass is 479 g/mol. The molecule has 6 rings (SSSR count). The van der Waals surface area contributed by atoms with Crippen molar-refractivity contribution in [3.8, 4) is 0 Å². The summed E-state index contributed by atoms with van der Waals surface area (Å²) in [5, 5.41) is 5.63. The van der Waals surface area contributed by atoms with Gasteiger partial charge in [-0.15, -0.1) is 0 Å². The lowest BCUT2D eigenvalue weighted by molar-refractivity contribution is -0.118. The number of benzene rings is 4. The lowest BCUT2D eigenvalue weighted by Crippen LogP contribution is -2.37. The minimum atomic E-state index is -0.445. The molecule has 0 aromatic heterocycles. The summed E-state index contributed by atoms with van der Waals surface area (Å²) in [4.78, 5) is 13.5. The average molecular weight is 480 g/mol. The molecule has 4 aromatic rings. The zero-order valence-electron chi connectivity index (χ0n) is 17.7. The van der Waals surface area contributed by atoms with Gasteiger partial charge < -0.3 is 5.32 Å². The van der Waals surface area contributed by atoms with E-state index in [9.17, 15) is 4.79 Å². The van der Waals surface area contributed by atoms with E-state index >= 15 is 0 Å². The average Bonchev–Trinajstić information content (AvgIpc) is 3.35. The fourth-order valence-corrected chi connectivity index (χ4v) is 5.95. The molecule has 0 bridgehead atoms. The van der Waals surface area contributed by atoms with Gasteiger partial charge in [0.1, 0.15) is 0 Å². The molecule has 0 fully saturated rings. The molecular formula is C29H22BrNO. The molecule has 3 heteroatoms. The number of carbonyl (C=O) groups excluding carboxylic acids is 1. The first kappa shape index (κ1) is 19.5. The summed E-state index contributed by atoms with van der Waals surface area (Å²) in [5.74, 6) is -0.218. The molecule has 1 heterocycles. The number of allylic oxidation sites excluding steroid dienone is 1. The zero-order valence-corrected chi connectivity index (χ0v) is 19.3. The van der Waals surface area contributed by atoms with E-state index < -0.39 is 5.41 Å². The Balaban J connectivity index is 1.57. The van der Waals surface area contributed by atoms with Crippen LogP contribution in [0.25, 0.3) is 16.8 Å². The van der Waals surface area contributed by atoms with Crippen molar-refractivity contribution in [2.45, 2.75) is 24.7 Å². The second-order valence-corrected chi connectivity index (χ2v) is 9.73. The highest BCUT2D eigenvalue weighted by molar-refractivity contribution is 9.10. The van der Waals surface area contributed by atoms with Crippen molar-refractivity contribution in [3.05, 3.63) is 117 Å². The summed E-state index contributed by atoms with van der Waals surface area (Å²) in [6, 6.07) is 27.6. The third-order valence-electron chi connectivity index (χ3n) is 7.11. The van der Waals surface area contributed by atoms with E-state index in [1.807, 2.05) is 12.1 Å². The number of halogens is 1. The van der Waals surface area contributed by atoms with Gasteiger partial charge in [0.15, 0.2) is 0 Å². The Hall–Kier alpha value is -3.17. The largest absolute Gasteiger partial charge is 0.325 e. The van der Waals surface area contributed by atoms with Crippen LogP contribution in [0.15, 0.2) is 89.4 Å². The Morgan fingerprint density at radius 1 is 0.938 bits per heavy atom. The fraction of sp³-hybridized carbons (Fsp3) is 0.138. The summed E-state index contributed by atoms with van der Waals surface area (Å²) in [6.07, 6.45) is 5.22. The van der Waals surface area contributed by atoms with Crippen LogP contribution in [-0.4, -0.2) is 5.91 Å². The summed E-state index contributed by atoms with van der Waals surface area (Å²) < 4.78 is 1.04. The molecule has 0 saturated carbocycles. The highest BCUT2D eigenvalue weighted by Crippen LogP contribution is 2.54. The second kappa shape index (κ2) is 7.18. The molecule has 32 heavy (non-hydrogen) atoms. The van der Waals surface area contributed by atoms with Gasteiger partial charge in [-0.2, -0.15) is 0 Å². The topological polar surface area (TPSA) is 29.1 Å². The minimum absolute atomic E-state index is 0.0725. The van der Waals surface area contributed by atoms with Gasteiger partial charge in [0.25, 0.3) is 0 Å². The number of hydrogen-bond acceptors (Lipinski definition) is 1. The molecule has 1 N–H and O–H groups in total. The Labute approximate surface area is 196 Å². The van der Waals surface area contributed by atoms with Crippen molar-refractivity contribution in [2.24, 2.45) is 0 Å². The van der Waals surface area contributed by atoms with E-state index in [0.29, 0.717) is 0 Å². The van der Waals surface area contributed by atoms with E-state index in [-0.39, 0.29) is 11.8 Å². The summed E-state index contributed by atoms with van der Waals surface area (Å²) in [6.45, 7) is 2.10. The van der Waals surface area contributed by atoms with Crippen molar-refractivity contribution >= 4 is 44.4 Å². The zero-order chi connectivity index (χ0) is 21.9. The van der Waals surface area contributed by atoms with Crippen LogP contribution in [0.2, 0.25) is 0 Å². The van der Waals surface area contributed by atoms with Gasteiger partial charge in [-0.3, -0.25) is 4.79 Å². The number of amides is 1. The van der Waals surface area contributed by atoms with Gasteiger partial charge in [0.05, 0.1) is 5.92 Å². The molecule has 1 aliphatic heterocycles. The molecule has 1 aliphatic carbocycles. The van der Waals surface area contributed by atoms with Gasteiger partial charge in [-0.1, -0.05) is 94.8 Å². The standard InChI is InChI=1S/C29H22BrNO/c1-18-24(30)12-13-25-26(18)27(28(32)31-25)29(15-14-21-7-4-5-9-23(21)29)17-19-10-11-20-6-2-3-8-22(20)16-19/h2-16,27H,17H2,1H3,(H,31,32). The van der Waals surface area contributed by atoms with Crippen LogP contribution in [0.3, 0.4) is 0 Å².